The van der Waals surface area contributed by atoms with Crippen LogP contribution in [0.4, 0.5) is 11.6 Å². The molecular weight excluding hydrogens is 316 g/mol. The number of anilines is 2. The van der Waals surface area contributed by atoms with Crippen molar-refractivity contribution in [2.24, 2.45) is 0 Å². The molecule has 0 bridgehead atoms. The molecule has 2 heterocycles. The molecule has 1 aromatic heterocycles. The number of benzene rings is 1. The van der Waals surface area contributed by atoms with Crippen LogP contribution < -0.4 is 20.5 Å². The SMILES string of the molecule is CC(C)(CNc1ncnc(N)c1Cl)c1ccc2c(c1)OCCO2. The quantitative estimate of drug-likeness (QED) is 0.894. The van der Waals surface area contributed by atoms with Crippen LogP contribution in [-0.2, 0) is 5.41 Å². The van der Waals surface area contributed by atoms with Crippen LogP contribution in [0.3, 0.4) is 0 Å². The van der Waals surface area contributed by atoms with Crippen molar-refractivity contribution in [1.29, 1.82) is 0 Å². The summed E-state index contributed by atoms with van der Waals surface area (Å²) in [5.41, 5.74) is 6.66. The minimum Gasteiger partial charge on any atom is -0.486 e. The van der Waals surface area contributed by atoms with Crippen molar-refractivity contribution in [3.05, 3.63) is 35.1 Å². The van der Waals surface area contributed by atoms with Crippen LogP contribution in [0.1, 0.15) is 19.4 Å². The molecule has 1 aromatic carbocycles. The first kappa shape index (κ1) is 15.7. The highest BCUT2D eigenvalue weighted by Gasteiger charge is 2.24. The zero-order valence-corrected chi connectivity index (χ0v) is 13.9. The third-order valence-corrected chi connectivity index (χ3v) is 4.21. The molecule has 0 saturated heterocycles. The van der Waals surface area contributed by atoms with E-state index in [1.807, 2.05) is 18.2 Å². The van der Waals surface area contributed by atoms with Gasteiger partial charge in [-0.25, -0.2) is 9.97 Å². The highest BCUT2D eigenvalue weighted by molar-refractivity contribution is 6.35. The Morgan fingerprint density at radius 1 is 1.22 bits per heavy atom. The number of hydrogen-bond donors (Lipinski definition) is 2. The second-order valence-corrected chi connectivity index (χ2v) is 6.40. The van der Waals surface area contributed by atoms with Gasteiger partial charge >= 0.3 is 0 Å². The average molecular weight is 335 g/mol. The van der Waals surface area contributed by atoms with E-state index in [1.165, 1.54) is 6.33 Å². The number of fused-ring (bicyclic) bond motifs is 1. The number of nitrogens with zero attached hydrogens (tertiary/aromatic N) is 2. The topological polar surface area (TPSA) is 82.3 Å². The van der Waals surface area contributed by atoms with E-state index < -0.39 is 0 Å². The number of hydrogen-bond acceptors (Lipinski definition) is 6. The Kier molecular flexibility index (Phi) is 4.17. The predicted molar refractivity (Wildman–Crippen MR) is 90.4 cm³/mol. The monoisotopic (exact) mass is 334 g/mol. The lowest BCUT2D eigenvalue weighted by molar-refractivity contribution is 0.171. The van der Waals surface area contributed by atoms with Crippen molar-refractivity contribution in [1.82, 2.24) is 9.97 Å². The van der Waals surface area contributed by atoms with Gasteiger partial charge in [0.1, 0.15) is 36.2 Å². The summed E-state index contributed by atoms with van der Waals surface area (Å²) in [6.45, 7) is 6.05. The van der Waals surface area contributed by atoms with E-state index >= 15 is 0 Å². The van der Waals surface area contributed by atoms with Gasteiger partial charge in [-0.3, -0.25) is 0 Å². The van der Waals surface area contributed by atoms with Gasteiger partial charge < -0.3 is 20.5 Å². The van der Waals surface area contributed by atoms with Crippen molar-refractivity contribution < 1.29 is 9.47 Å². The van der Waals surface area contributed by atoms with Gasteiger partial charge in [-0.2, -0.15) is 0 Å². The first-order chi connectivity index (χ1) is 11.0. The third-order valence-electron chi connectivity index (χ3n) is 3.84. The van der Waals surface area contributed by atoms with E-state index in [0.29, 0.717) is 30.6 Å². The van der Waals surface area contributed by atoms with Gasteiger partial charge in [-0.1, -0.05) is 31.5 Å². The van der Waals surface area contributed by atoms with Crippen LogP contribution in [0.5, 0.6) is 11.5 Å². The van der Waals surface area contributed by atoms with Crippen LogP contribution in [-0.4, -0.2) is 29.7 Å². The van der Waals surface area contributed by atoms with Crippen molar-refractivity contribution in [2.75, 3.05) is 30.8 Å². The molecule has 0 saturated carbocycles. The average Bonchev–Trinajstić information content (AvgIpc) is 2.56. The largest absolute Gasteiger partial charge is 0.486 e. The van der Waals surface area contributed by atoms with Crippen LogP contribution >= 0.6 is 11.6 Å². The van der Waals surface area contributed by atoms with Gasteiger partial charge in [0.05, 0.1) is 0 Å². The molecule has 0 aliphatic carbocycles. The first-order valence-electron chi connectivity index (χ1n) is 7.37. The maximum absolute atomic E-state index is 6.11. The lowest BCUT2D eigenvalue weighted by atomic mass is 9.84. The van der Waals surface area contributed by atoms with E-state index in [2.05, 4.69) is 29.1 Å². The summed E-state index contributed by atoms with van der Waals surface area (Å²) in [5.74, 6) is 2.37. The molecule has 0 unspecified atom stereocenters. The summed E-state index contributed by atoms with van der Waals surface area (Å²) in [6.07, 6.45) is 1.39. The molecule has 0 amide bonds. The van der Waals surface area contributed by atoms with Crippen molar-refractivity contribution in [3.8, 4) is 11.5 Å². The summed E-state index contributed by atoms with van der Waals surface area (Å²) in [5, 5.41) is 3.58. The maximum atomic E-state index is 6.11. The third kappa shape index (κ3) is 3.27. The summed E-state index contributed by atoms with van der Waals surface area (Å²) in [4.78, 5) is 7.98. The highest BCUT2D eigenvalue weighted by Crippen LogP contribution is 2.35. The van der Waals surface area contributed by atoms with E-state index in [0.717, 1.165) is 17.1 Å². The molecule has 1 aliphatic heterocycles. The predicted octanol–water partition coefficient (Wildman–Crippen LogP) is 2.87. The lowest BCUT2D eigenvalue weighted by Gasteiger charge is -2.28. The molecule has 2 aromatic rings. The number of nitrogens with one attached hydrogen (secondary N) is 1. The van der Waals surface area contributed by atoms with Gasteiger partial charge in [0, 0.05) is 12.0 Å². The molecule has 0 spiro atoms. The van der Waals surface area contributed by atoms with E-state index in [9.17, 15) is 0 Å². The highest BCUT2D eigenvalue weighted by atomic mass is 35.5. The number of nitrogen functional groups attached to an aromatic ring is 1. The fourth-order valence-corrected chi connectivity index (χ4v) is 2.54. The molecule has 7 heteroatoms. The Hall–Kier alpha value is -2.21. The molecule has 0 radical (unpaired) electrons. The Morgan fingerprint density at radius 2 is 1.96 bits per heavy atom. The molecule has 23 heavy (non-hydrogen) atoms. The number of rotatable bonds is 4. The first-order valence-corrected chi connectivity index (χ1v) is 7.75. The van der Waals surface area contributed by atoms with Crippen molar-refractivity contribution in [2.45, 2.75) is 19.3 Å². The maximum Gasteiger partial charge on any atom is 0.161 e. The normalized spacial score (nSPS) is 13.7. The molecule has 122 valence electrons. The summed E-state index contributed by atoms with van der Waals surface area (Å²) < 4.78 is 11.2. The summed E-state index contributed by atoms with van der Waals surface area (Å²) >= 11 is 6.11. The summed E-state index contributed by atoms with van der Waals surface area (Å²) in [7, 11) is 0. The fraction of sp³-hybridized carbons (Fsp3) is 0.375. The minimum absolute atomic E-state index is 0.168. The molecule has 3 N–H and O–H groups in total. The van der Waals surface area contributed by atoms with Gasteiger partial charge in [0.25, 0.3) is 0 Å². The molecular formula is C16H19ClN4O2. The smallest absolute Gasteiger partial charge is 0.161 e. The van der Waals surface area contributed by atoms with Gasteiger partial charge in [0.15, 0.2) is 11.5 Å². The zero-order valence-electron chi connectivity index (χ0n) is 13.1. The minimum atomic E-state index is -0.168. The van der Waals surface area contributed by atoms with Crippen molar-refractivity contribution >= 4 is 23.2 Å². The Bertz CT molecular complexity index is 721. The van der Waals surface area contributed by atoms with Gasteiger partial charge in [-0.05, 0) is 17.7 Å². The molecule has 0 fully saturated rings. The van der Waals surface area contributed by atoms with Gasteiger partial charge in [-0.15, -0.1) is 0 Å². The van der Waals surface area contributed by atoms with Crippen LogP contribution in [0.15, 0.2) is 24.5 Å². The van der Waals surface area contributed by atoms with Crippen LogP contribution in [0, 0.1) is 0 Å². The number of halogens is 1. The van der Waals surface area contributed by atoms with Crippen molar-refractivity contribution in [3.63, 3.8) is 0 Å². The fourth-order valence-electron chi connectivity index (χ4n) is 2.38. The number of ether oxygens (including phenoxy) is 2. The van der Waals surface area contributed by atoms with E-state index in [-0.39, 0.29) is 11.2 Å². The second kappa shape index (κ2) is 6.12. The van der Waals surface area contributed by atoms with E-state index in [4.69, 9.17) is 26.8 Å². The zero-order chi connectivity index (χ0) is 16.4. The molecule has 1 aliphatic rings. The van der Waals surface area contributed by atoms with E-state index in [1.54, 1.807) is 0 Å². The molecule has 3 rings (SSSR count). The standard InChI is InChI=1S/C16H19ClN4O2/c1-16(2,8-19-15-13(17)14(18)20-9-21-15)10-3-4-11-12(7-10)23-6-5-22-11/h3-4,7,9H,5-6,8H2,1-2H3,(H3,18,19,20,21). The Morgan fingerprint density at radius 3 is 2.74 bits per heavy atom. The van der Waals surface area contributed by atoms with Gasteiger partial charge in [0.2, 0.25) is 0 Å². The lowest BCUT2D eigenvalue weighted by Crippen LogP contribution is -2.28. The Balaban J connectivity index is 1.77. The van der Waals surface area contributed by atoms with Crippen LogP contribution in [0.2, 0.25) is 5.02 Å². The number of aromatic nitrogens is 2. The Labute approximate surface area is 140 Å². The second-order valence-electron chi connectivity index (χ2n) is 6.02. The summed E-state index contributed by atoms with van der Waals surface area (Å²) in [6, 6.07) is 6.01. The number of nitrogens with two attached hydrogens (primary N) is 1. The molecule has 0 atom stereocenters. The molecule has 6 nitrogen and oxygen atoms in total. The van der Waals surface area contributed by atoms with Crippen LogP contribution in [0.25, 0.3) is 0 Å².